The Morgan fingerprint density at radius 2 is 2.07 bits per heavy atom. The van der Waals surface area contributed by atoms with Gasteiger partial charge in [-0.3, -0.25) is 0 Å². The van der Waals surface area contributed by atoms with Crippen molar-refractivity contribution in [2.75, 3.05) is 13.1 Å². The lowest BCUT2D eigenvalue weighted by atomic mass is 9.68. The van der Waals surface area contributed by atoms with E-state index in [1.807, 2.05) is 0 Å². The normalized spacial score (nSPS) is 31.5. The summed E-state index contributed by atoms with van der Waals surface area (Å²) >= 11 is 0. The van der Waals surface area contributed by atoms with Gasteiger partial charge in [0.05, 0.1) is 0 Å². The summed E-state index contributed by atoms with van der Waals surface area (Å²) in [5.74, 6) is 0.678. The minimum Gasteiger partial charge on any atom is -0.316 e. The maximum absolute atomic E-state index is 3.52. The zero-order valence-corrected chi connectivity index (χ0v) is 9.79. The van der Waals surface area contributed by atoms with E-state index >= 15 is 0 Å². The first-order valence-electron chi connectivity index (χ1n) is 6.02. The standard InChI is InChI=1S/C14H21N/c1-3-14(2)9-10-15-11-13(14)12-7-5-4-6-8-12/h4-8,13,15H,3,9-11H2,1-2H3. The van der Waals surface area contributed by atoms with Gasteiger partial charge in [-0.25, -0.2) is 0 Å². The van der Waals surface area contributed by atoms with Crippen LogP contribution in [-0.2, 0) is 0 Å². The molecule has 1 fully saturated rings. The molecule has 0 aromatic heterocycles. The van der Waals surface area contributed by atoms with Crippen LogP contribution in [0.5, 0.6) is 0 Å². The molecular formula is C14H21N. The molecule has 0 bridgehead atoms. The molecule has 0 amide bonds. The highest BCUT2D eigenvalue weighted by Crippen LogP contribution is 2.42. The van der Waals surface area contributed by atoms with Gasteiger partial charge in [0.1, 0.15) is 0 Å². The van der Waals surface area contributed by atoms with Gasteiger partial charge in [-0.1, -0.05) is 50.6 Å². The highest BCUT2D eigenvalue weighted by molar-refractivity contribution is 5.23. The molecule has 1 nitrogen and oxygen atoms in total. The van der Waals surface area contributed by atoms with Crippen LogP contribution in [0, 0.1) is 5.41 Å². The topological polar surface area (TPSA) is 12.0 Å². The van der Waals surface area contributed by atoms with Crippen molar-refractivity contribution in [2.24, 2.45) is 5.41 Å². The molecule has 1 aliphatic rings. The van der Waals surface area contributed by atoms with E-state index in [-0.39, 0.29) is 0 Å². The Morgan fingerprint density at radius 3 is 2.73 bits per heavy atom. The van der Waals surface area contributed by atoms with Crippen LogP contribution in [0.15, 0.2) is 30.3 Å². The van der Waals surface area contributed by atoms with Crippen molar-refractivity contribution in [2.45, 2.75) is 32.6 Å². The van der Waals surface area contributed by atoms with Gasteiger partial charge in [0.2, 0.25) is 0 Å². The molecule has 1 aliphatic heterocycles. The fourth-order valence-electron chi connectivity index (χ4n) is 2.67. The van der Waals surface area contributed by atoms with Crippen molar-refractivity contribution in [1.82, 2.24) is 5.32 Å². The molecule has 2 rings (SSSR count). The van der Waals surface area contributed by atoms with Gasteiger partial charge in [-0.05, 0) is 23.9 Å². The fraction of sp³-hybridized carbons (Fsp3) is 0.571. The lowest BCUT2D eigenvalue weighted by Gasteiger charge is -2.41. The number of hydrogen-bond donors (Lipinski definition) is 1. The Morgan fingerprint density at radius 1 is 1.33 bits per heavy atom. The maximum atomic E-state index is 3.52. The second-order valence-electron chi connectivity index (χ2n) is 4.92. The van der Waals surface area contributed by atoms with Gasteiger partial charge in [0, 0.05) is 12.5 Å². The Labute approximate surface area is 92.9 Å². The molecular weight excluding hydrogens is 182 g/mol. The van der Waals surface area contributed by atoms with Crippen LogP contribution in [0.2, 0.25) is 0 Å². The molecule has 0 spiro atoms. The van der Waals surface area contributed by atoms with Crippen LogP contribution in [0.3, 0.4) is 0 Å². The molecule has 1 heteroatoms. The van der Waals surface area contributed by atoms with E-state index in [1.165, 1.54) is 24.9 Å². The van der Waals surface area contributed by atoms with Crippen molar-refractivity contribution >= 4 is 0 Å². The monoisotopic (exact) mass is 203 g/mol. The quantitative estimate of drug-likeness (QED) is 0.778. The van der Waals surface area contributed by atoms with Crippen LogP contribution >= 0.6 is 0 Å². The number of hydrogen-bond acceptors (Lipinski definition) is 1. The molecule has 0 aliphatic carbocycles. The zero-order chi connectivity index (χ0) is 10.7. The third-order valence-electron chi connectivity index (χ3n) is 4.07. The van der Waals surface area contributed by atoms with E-state index in [9.17, 15) is 0 Å². The molecule has 1 saturated heterocycles. The lowest BCUT2D eigenvalue weighted by Crippen LogP contribution is -2.41. The minimum atomic E-state index is 0.479. The van der Waals surface area contributed by atoms with Gasteiger partial charge >= 0.3 is 0 Å². The average Bonchev–Trinajstić information content (AvgIpc) is 2.31. The van der Waals surface area contributed by atoms with Crippen LogP contribution < -0.4 is 5.32 Å². The number of piperidine rings is 1. The van der Waals surface area contributed by atoms with Crippen LogP contribution in [-0.4, -0.2) is 13.1 Å². The maximum Gasteiger partial charge on any atom is 0.00254 e. The Balaban J connectivity index is 2.26. The predicted molar refractivity (Wildman–Crippen MR) is 65.1 cm³/mol. The summed E-state index contributed by atoms with van der Waals surface area (Å²) in [5.41, 5.74) is 1.97. The van der Waals surface area contributed by atoms with Gasteiger partial charge in [-0.2, -0.15) is 0 Å². The summed E-state index contributed by atoms with van der Waals surface area (Å²) in [6.45, 7) is 7.06. The molecule has 1 aromatic carbocycles. The molecule has 0 radical (unpaired) electrons. The Hall–Kier alpha value is -0.820. The van der Waals surface area contributed by atoms with E-state index in [4.69, 9.17) is 0 Å². The van der Waals surface area contributed by atoms with Gasteiger partial charge in [-0.15, -0.1) is 0 Å². The summed E-state index contributed by atoms with van der Waals surface area (Å²) in [6.07, 6.45) is 2.57. The number of rotatable bonds is 2. The molecule has 1 N–H and O–H groups in total. The van der Waals surface area contributed by atoms with Crippen molar-refractivity contribution < 1.29 is 0 Å². The molecule has 15 heavy (non-hydrogen) atoms. The Kier molecular flexibility index (Phi) is 3.11. The van der Waals surface area contributed by atoms with E-state index < -0.39 is 0 Å². The fourth-order valence-corrected chi connectivity index (χ4v) is 2.67. The SMILES string of the molecule is CCC1(C)CCNCC1c1ccccc1. The number of benzene rings is 1. The zero-order valence-electron chi connectivity index (χ0n) is 9.79. The van der Waals surface area contributed by atoms with Gasteiger partial charge < -0.3 is 5.32 Å². The highest BCUT2D eigenvalue weighted by atomic mass is 14.9. The lowest BCUT2D eigenvalue weighted by molar-refractivity contribution is 0.180. The summed E-state index contributed by atoms with van der Waals surface area (Å²) in [4.78, 5) is 0. The third-order valence-corrected chi connectivity index (χ3v) is 4.07. The first-order chi connectivity index (χ1) is 7.26. The average molecular weight is 203 g/mol. The molecule has 2 unspecified atom stereocenters. The smallest absolute Gasteiger partial charge is 0.00254 e. The van der Waals surface area contributed by atoms with Crippen molar-refractivity contribution in [3.05, 3.63) is 35.9 Å². The summed E-state index contributed by atoms with van der Waals surface area (Å²) < 4.78 is 0. The molecule has 0 saturated carbocycles. The molecule has 2 atom stereocenters. The van der Waals surface area contributed by atoms with Crippen LogP contribution in [0.4, 0.5) is 0 Å². The van der Waals surface area contributed by atoms with Crippen LogP contribution in [0.25, 0.3) is 0 Å². The second kappa shape index (κ2) is 4.36. The first-order valence-corrected chi connectivity index (χ1v) is 6.02. The van der Waals surface area contributed by atoms with E-state index in [0.29, 0.717) is 11.3 Å². The molecule has 1 heterocycles. The van der Waals surface area contributed by atoms with Crippen molar-refractivity contribution in [1.29, 1.82) is 0 Å². The second-order valence-corrected chi connectivity index (χ2v) is 4.92. The van der Waals surface area contributed by atoms with E-state index in [0.717, 1.165) is 6.54 Å². The third kappa shape index (κ3) is 2.07. The first kappa shape index (κ1) is 10.7. The van der Waals surface area contributed by atoms with Crippen molar-refractivity contribution in [3.8, 4) is 0 Å². The van der Waals surface area contributed by atoms with E-state index in [2.05, 4.69) is 49.5 Å². The summed E-state index contributed by atoms with van der Waals surface area (Å²) in [5, 5.41) is 3.52. The number of nitrogens with one attached hydrogen (secondary N) is 1. The van der Waals surface area contributed by atoms with E-state index in [1.54, 1.807) is 0 Å². The van der Waals surface area contributed by atoms with Gasteiger partial charge in [0.15, 0.2) is 0 Å². The largest absolute Gasteiger partial charge is 0.316 e. The predicted octanol–water partition coefficient (Wildman–Crippen LogP) is 3.18. The minimum absolute atomic E-state index is 0.479. The van der Waals surface area contributed by atoms with Crippen molar-refractivity contribution in [3.63, 3.8) is 0 Å². The molecule has 82 valence electrons. The summed E-state index contributed by atoms with van der Waals surface area (Å²) in [6, 6.07) is 10.9. The van der Waals surface area contributed by atoms with Crippen LogP contribution in [0.1, 0.15) is 38.2 Å². The highest BCUT2D eigenvalue weighted by Gasteiger charge is 2.35. The van der Waals surface area contributed by atoms with Gasteiger partial charge in [0.25, 0.3) is 0 Å². The Bertz CT molecular complexity index is 306. The molecule has 1 aromatic rings. The summed E-state index contributed by atoms with van der Waals surface area (Å²) in [7, 11) is 0.